The van der Waals surface area contributed by atoms with E-state index in [9.17, 15) is 19.2 Å². The number of ketones is 1. The summed E-state index contributed by atoms with van der Waals surface area (Å²) in [4.78, 5) is 50.2. The Bertz CT molecular complexity index is 1510. The number of carbonyl (C=O) groups is 3. The summed E-state index contributed by atoms with van der Waals surface area (Å²) >= 11 is 6.18. The number of pyridine rings is 1. The van der Waals surface area contributed by atoms with Crippen molar-refractivity contribution in [1.29, 1.82) is 5.41 Å². The van der Waals surface area contributed by atoms with Crippen molar-refractivity contribution < 1.29 is 24.2 Å². The predicted octanol–water partition coefficient (Wildman–Crippen LogP) is 4.40. The number of allylic oxidation sites excluding steroid dienone is 1. The van der Waals surface area contributed by atoms with Gasteiger partial charge >= 0.3 is 5.97 Å². The first-order valence-electron chi connectivity index (χ1n) is 11.7. The van der Waals surface area contributed by atoms with Crippen LogP contribution in [0.15, 0.2) is 71.8 Å². The third-order valence-corrected chi connectivity index (χ3v) is 6.05. The van der Waals surface area contributed by atoms with Crippen LogP contribution in [-0.2, 0) is 4.79 Å². The molecule has 1 heterocycles. The van der Waals surface area contributed by atoms with Crippen molar-refractivity contribution in [3.8, 4) is 16.9 Å². The molecule has 0 aliphatic rings. The number of benzene rings is 2. The van der Waals surface area contributed by atoms with Gasteiger partial charge in [0.05, 0.1) is 18.9 Å². The van der Waals surface area contributed by atoms with E-state index in [0.29, 0.717) is 27.4 Å². The summed E-state index contributed by atoms with van der Waals surface area (Å²) in [5.41, 5.74) is 0.912. The smallest absolute Gasteiger partial charge is 0.335 e. The molecule has 1 amide bonds. The summed E-state index contributed by atoms with van der Waals surface area (Å²) in [5, 5.41) is 23.2. The highest BCUT2D eigenvalue weighted by molar-refractivity contribution is 6.31. The summed E-state index contributed by atoms with van der Waals surface area (Å²) in [6.45, 7) is 1.40. The lowest BCUT2D eigenvalue weighted by atomic mass is 9.97. The Morgan fingerprint density at radius 3 is 2.41 bits per heavy atom. The molecule has 2 aromatic carbocycles. The third-order valence-electron chi connectivity index (χ3n) is 5.82. The van der Waals surface area contributed by atoms with Gasteiger partial charge in [0.1, 0.15) is 11.8 Å². The van der Waals surface area contributed by atoms with E-state index in [1.165, 1.54) is 62.8 Å². The molecule has 0 fully saturated rings. The van der Waals surface area contributed by atoms with Crippen molar-refractivity contribution in [3.05, 3.63) is 93.5 Å². The number of carboxylic acid groups (broad SMARTS) is 1. The second kappa shape index (κ2) is 12.7. The van der Waals surface area contributed by atoms with E-state index in [2.05, 4.69) is 10.6 Å². The Morgan fingerprint density at radius 2 is 1.82 bits per heavy atom. The van der Waals surface area contributed by atoms with Crippen LogP contribution >= 0.6 is 11.6 Å². The van der Waals surface area contributed by atoms with Crippen molar-refractivity contribution in [1.82, 2.24) is 9.88 Å². The molecule has 1 aromatic heterocycles. The fourth-order valence-electron chi connectivity index (χ4n) is 3.89. The first kappa shape index (κ1) is 28.9. The van der Waals surface area contributed by atoms with Crippen molar-refractivity contribution in [2.24, 2.45) is 0 Å². The van der Waals surface area contributed by atoms with Crippen LogP contribution < -0.4 is 20.9 Å². The maximum absolute atomic E-state index is 13.4. The normalized spacial score (nSPS) is 11.6. The van der Waals surface area contributed by atoms with Crippen LogP contribution in [-0.4, -0.2) is 47.2 Å². The zero-order chi connectivity index (χ0) is 28.7. The van der Waals surface area contributed by atoms with Gasteiger partial charge in [-0.15, -0.1) is 0 Å². The number of aromatic nitrogens is 1. The number of hydrogen-bond acceptors (Lipinski definition) is 7. The van der Waals surface area contributed by atoms with E-state index in [1.807, 2.05) is 0 Å². The molecule has 0 saturated carbocycles. The molecular weight excluding hydrogens is 524 g/mol. The van der Waals surface area contributed by atoms with Gasteiger partial charge in [-0.25, -0.2) is 4.79 Å². The Hall–Kier alpha value is -4.70. The highest BCUT2D eigenvalue weighted by atomic mass is 35.5. The molecule has 39 heavy (non-hydrogen) atoms. The Kier molecular flexibility index (Phi) is 9.40. The lowest BCUT2D eigenvalue weighted by molar-refractivity contribution is -0.119. The number of halogens is 1. The molecule has 11 heteroatoms. The summed E-state index contributed by atoms with van der Waals surface area (Å²) < 4.78 is 6.70. The van der Waals surface area contributed by atoms with Gasteiger partial charge in [-0.1, -0.05) is 11.6 Å². The molecule has 202 valence electrons. The van der Waals surface area contributed by atoms with E-state index < -0.39 is 23.5 Å². The van der Waals surface area contributed by atoms with E-state index >= 15 is 0 Å². The first-order valence-corrected chi connectivity index (χ1v) is 12.1. The Labute approximate surface area is 229 Å². The van der Waals surface area contributed by atoms with Crippen LogP contribution in [0.1, 0.15) is 40.1 Å². The van der Waals surface area contributed by atoms with Gasteiger partial charge in [0.15, 0.2) is 5.78 Å². The number of carboxylic acids is 1. The second-order valence-electron chi connectivity index (χ2n) is 8.49. The number of carbonyl (C=O) groups excluding carboxylic acids is 2. The monoisotopic (exact) mass is 550 g/mol. The number of anilines is 1. The largest absolute Gasteiger partial charge is 0.495 e. The average molecular weight is 551 g/mol. The molecule has 4 N–H and O–H groups in total. The van der Waals surface area contributed by atoms with Gasteiger partial charge in [-0.2, -0.15) is 0 Å². The van der Waals surface area contributed by atoms with Crippen LogP contribution in [0.2, 0.25) is 5.02 Å². The number of nitrogens with zero attached hydrogens (tertiary/aromatic N) is 1. The fourth-order valence-corrected chi connectivity index (χ4v) is 4.06. The maximum atomic E-state index is 13.4. The van der Waals surface area contributed by atoms with Crippen molar-refractivity contribution in [2.45, 2.75) is 19.4 Å². The van der Waals surface area contributed by atoms with Gasteiger partial charge in [0.25, 0.3) is 5.56 Å². The Morgan fingerprint density at radius 1 is 1.13 bits per heavy atom. The average Bonchev–Trinajstić information content (AvgIpc) is 2.90. The topological polar surface area (TPSA) is 151 Å². The number of Topliss-reactive ketones (excluding diaryl/α,β-unsaturated/α-hetero) is 1. The highest BCUT2D eigenvalue weighted by Gasteiger charge is 2.25. The van der Waals surface area contributed by atoms with Gasteiger partial charge < -0.3 is 25.9 Å². The minimum absolute atomic E-state index is 0.0472. The van der Waals surface area contributed by atoms with Crippen LogP contribution in [0.25, 0.3) is 11.1 Å². The van der Waals surface area contributed by atoms with E-state index in [0.717, 1.165) is 4.57 Å². The van der Waals surface area contributed by atoms with Crippen molar-refractivity contribution in [3.63, 3.8) is 0 Å². The first-order chi connectivity index (χ1) is 18.5. The SMILES string of the molecule is CN/C=C\C(=N)CC(C(=O)Nc1ccc(C(=O)O)cc1)n1cc(OC)c(-c2cc(Cl)ccc2C(C)=O)cc1=O. The van der Waals surface area contributed by atoms with E-state index in [1.54, 1.807) is 25.2 Å². The highest BCUT2D eigenvalue weighted by Crippen LogP contribution is 2.34. The quantitative estimate of drug-likeness (QED) is 0.204. The summed E-state index contributed by atoms with van der Waals surface area (Å²) in [6.07, 6.45) is 4.20. The second-order valence-corrected chi connectivity index (χ2v) is 8.92. The maximum Gasteiger partial charge on any atom is 0.335 e. The molecule has 0 spiro atoms. The Balaban J connectivity index is 2.10. The van der Waals surface area contributed by atoms with Crippen LogP contribution in [0, 0.1) is 5.41 Å². The molecule has 0 saturated heterocycles. The minimum Gasteiger partial charge on any atom is -0.495 e. The van der Waals surface area contributed by atoms with Crippen molar-refractivity contribution in [2.75, 3.05) is 19.5 Å². The van der Waals surface area contributed by atoms with E-state index in [4.69, 9.17) is 26.9 Å². The lowest BCUT2D eigenvalue weighted by Crippen LogP contribution is -2.34. The number of amides is 1. The third kappa shape index (κ3) is 6.99. The molecule has 10 nitrogen and oxygen atoms in total. The number of methoxy groups -OCH3 is 1. The van der Waals surface area contributed by atoms with Crippen LogP contribution in [0.3, 0.4) is 0 Å². The van der Waals surface area contributed by atoms with Crippen LogP contribution in [0.5, 0.6) is 5.75 Å². The number of ether oxygens (including phenoxy) is 1. The molecule has 0 aliphatic carbocycles. The van der Waals surface area contributed by atoms with Crippen molar-refractivity contribution >= 4 is 40.7 Å². The molecule has 1 unspecified atom stereocenters. The summed E-state index contributed by atoms with van der Waals surface area (Å²) in [6, 6.07) is 10.3. The van der Waals surface area contributed by atoms with Gasteiger partial charge in [0, 0.05) is 47.1 Å². The molecule has 0 bridgehead atoms. The van der Waals surface area contributed by atoms with Gasteiger partial charge in [-0.3, -0.25) is 19.0 Å². The number of aromatic carboxylic acids is 1. The summed E-state index contributed by atoms with van der Waals surface area (Å²) in [7, 11) is 3.05. The van der Waals surface area contributed by atoms with Gasteiger partial charge in [-0.05, 0) is 67.2 Å². The molecule has 0 aliphatic heterocycles. The number of hydrogen-bond donors (Lipinski definition) is 4. The summed E-state index contributed by atoms with van der Waals surface area (Å²) in [5.74, 6) is -1.74. The van der Waals surface area contributed by atoms with Gasteiger partial charge in [0.2, 0.25) is 5.91 Å². The number of rotatable bonds is 11. The minimum atomic E-state index is -1.17. The number of nitrogens with one attached hydrogen (secondary N) is 3. The zero-order valence-corrected chi connectivity index (χ0v) is 22.2. The standard InChI is InChI=1S/C28H27ClN4O6/c1-16(34)21-9-6-18(29)12-22(21)23-14-26(35)33(15-25(23)39-3)24(13-19(30)10-11-31-2)27(36)32-20-7-4-17(5-8-20)28(37)38/h4-12,14-15,24,30-31H,13H2,1-3H3,(H,32,36)(H,37,38)/b11-10-,30-19?. The van der Waals surface area contributed by atoms with E-state index in [-0.39, 0.29) is 29.2 Å². The fraction of sp³-hybridized carbons (Fsp3) is 0.179. The molecular formula is C28H27ClN4O6. The van der Waals surface area contributed by atoms with Crippen LogP contribution in [0.4, 0.5) is 5.69 Å². The molecule has 1 atom stereocenters. The predicted molar refractivity (Wildman–Crippen MR) is 149 cm³/mol. The molecule has 3 aromatic rings. The molecule has 0 radical (unpaired) electrons. The lowest BCUT2D eigenvalue weighted by Gasteiger charge is -2.21. The molecule has 3 rings (SSSR count). The zero-order valence-electron chi connectivity index (χ0n) is 21.4.